The number of aromatic nitrogens is 3. The van der Waals surface area contributed by atoms with Gasteiger partial charge in [0.05, 0.1) is 11.7 Å². The molecule has 0 saturated heterocycles. The van der Waals surface area contributed by atoms with E-state index in [-0.39, 0.29) is 0 Å². The number of hydrogen-bond donors (Lipinski definition) is 0. The van der Waals surface area contributed by atoms with Crippen molar-refractivity contribution >= 4 is 5.52 Å². The largest absolute Gasteiger partial charge is 0.264 e. The summed E-state index contributed by atoms with van der Waals surface area (Å²) < 4.78 is 1.94. The number of pyridine rings is 2. The normalized spacial score (nSPS) is 10.4. The summed E-state index contributed by atoms with van der Waals surface area (Å²) in [4.78, 5) is 4.14. The van der Waals surface area contributed by atoms with Crippen molar-refractivity contribution in [2.24, 2.45) is 0 Å². The van der Waals surface area contributed by atoms with Gasteiger partial charge in [-0.05, 0) is 18.1 Å². The summed E-state index contributed by atoms with van der Waals surface area (Å²) in [7, 11) is 0. The maximum atomic E-state index is 4.42. The van der Waals surface area contributed by atoms with Crippen LogP contribution in [0.5, 0.6) is 0 Å². The molecule has 3 rings (SSSR count). The Morgan fingerprint density at radius 2 is 1.80 bits per heavy atom. The molecule has 3 nitrogen and oxygen atoms in total. The quantitative estimate of drug-likeness (QED) is 0.682. The highest BCUT2D eigenvalue weighted by atomic mass is 15.2. The molecule has 3 aromatic rings. The minimum atomic E-state index is 0.492. The van der Waals surface area contributed by atoms with Crippen molar-refractivity contribution in [2.75, 3.05) is 0 Å². The van der Waals surface area contributed by atoms with Crippen LogP contribution in [0.3, 0.4) is 0 Å². The fourth-order valence-electron chi connectivity index (χ4n) is 2.15. The van der Waals surface area contributed by atoms with Crippen molar-refractivity contribution in [3.63, 3.8) is 0 Å². The van der Waals surface area contributed by atoms with Crippen molar-refractivity contribution in [2.45, 2.75) is 33.6 Å². The van der Waals surface area contributed by atoms with Gasteiger partial charge in [-0.15, -0.1) is 0 Å². The first-order valence-corrected chi connectivity index (χ1v) is 7.13. The number of nitrogens with zero attached hydrogens (tertiary/aromatic N) is 3. The van der Waals surface area contributed by atoms with Crippen molar-refractivity contribution in [3.05, 3.63) is 54.6 Å². The van der Waals surface area contributed by atoms with Crippen LogP contribution >= 0.6 is 0 Å². The van der Waals surface area contributed by atoms with Crippen LogP contribution in [0.4, 0.5) is 0 Å². The van der Waals surface area contributed by atoms with E-state index in [1.807, 2.05) is 36.8 Å². The topological polar surface area (TPSA) is 30.2 Å². The van der Waals surface area contributed by atoms with Crippen LogP contribution < -0.4 is 0 Å². The van der Waals surface area contributed by atoms with Crippen molar-refractivity contribution in [3.8, 4) is 11.1 Å². The van der Waals surface area contributed by atoms with E-state index in [9.17, 15) is 0 Å². The van der Waals surface area contributed by atoms with Gasteiger partial charge in [0.15, 0.2) is 0 Å². The molecule has 0 aliphatic carbocycles. The third kappa shape index (κ3) is 2.72. The first-order valence-electron chi connectivity index (χ1n) is 7.13. The molecular formula is C17H21N3. The molecule has 0 spiro atoms. The molecule has 0 unspecified atom stereocenters. The van der Waals surface area contributed by atoms with E-state index in [0.717, 1.165) is 11.1 Å². The summed E-state index contributed by atoms with van der Waals surface area (Å²) in [6, 6.07) is 8.26. The molecular weight excluding hydrogens is 246 g/mol. The van der Waals surface area contributed by atoms with Crippen LogP contribution in [0.25, 0.3) is 16.6 Å². The molecule has 104 valence electrons. The van der Waals surface area contributed by atoms with E-state index in [1.54, 1.807) is 6.20 Å². The van der Waals surface area contributed by atoms with Gasteiger partial charge in [0.25, 0.3) is 0 Å². The highest BCUT2D eigenvalue weighted by molar-refractivity contribution is 5.66. The molecule has 3 heterocycles. The zero-order valence-electron chi connectivity index (χ0n) is 12.5. The fourth-order valence-corrected chi connectivity index (χ4v) is 2.15. The molecule has 0 N–H and O–H groups in total. The molecule has 0 fully saturated rings. The lowest BCUT2D eigenvalue weighted by atomic mass is 10.0. The Labute approximate surface area is 120 Å². The van der Waals surface area contributed by atoms with Gasteiger partial charge in [-0.3, -0.25) is 4.98 Å². The minimum absolute atomic E-state index is 0.492. The Morgan fingerprint density at radius 3 is 2.45 bits per heavy atom. The first-order chi connectivity index (χ1) is 9.75. The SMILES string of the molecule is CC.CC(C)c1cnn2cc(-c3cccnc3)ccc12. The second kappa shape index (κ2) is 6.33. The lowest BCUT2D eigenvalue weighted by Crippen LogP contribution is -1.90. The van der Waals surface area contributed by atoms with E-state index in [0.29, 0.717) is 5.92 Å². The van der Waals surface area contributed by atoms with E-state index < -0.39 is 0 Å². The predicted octanol–water partition coefficient (Wildman–Crippen LogP) is 4.55. The Balaban J connectivity index is 0.000000704. The van der Waals surface area contributed by atoms with Gasteiger partial charge in [-0.1, -0.05) is 39.8 Å². The van der Waals surface area contributed by atoms with Gasteiger partial charge in [-0.2, -0.15) is 5.10 Å². The minimum Gasteiger partial charge on any atom is -0.264 e. The Hall–Kier alpha value is -2.16. The molecule has 3 aromatic heterocycles. The maximum Gasteiger partial charge on any atom is 0.0696 e. The second-order valence-electron chi connectivity index (χ2n) is 4.74. The Morgan fingerprint density at radius 1 is 1.00 bits per heavy atom. The second-order valence-corrected chi connectivity index (χ2v) is 4.74. The zero-order chi connectivity index (χ0) is 14.5. The average Bonchev–Trinajstić information content (AvgIpc) is 2.93. The number of hydrogen-bond acceptors (Lipinski definition) is 2. The fraction of sp³-hybridized carbons (Fsp3) is 0.294. The third-order valence-corrected chi connectivity index (χ3v) is 3.16. The summed E-state index contributed by atoms with van der Waals surface area (Å²) >= 11 is 0. The van der Waals surface area contributed by atoms with Gasteiger partial charge in [0, 0.05) is 35.3 Å². The number of rotatable bonds is 2. The molecule has 0 saturated carbocycles. The zero-order valence-corrected chi connectivity index (χ0v) is 12.5. The lowest BCUT2D eigenvalue weighted by molar-refractivity contribution is 0.875. The van der Waals surface area contributed by atoms with E-state index >= 15 is 0 Å². The summed E-state index contributed by atoms with van der Waals surface area (Å²) in [6.45, 7) is 8.37. The molecule has 0 aromatic carbocycles. The van der Waals surface area contributed by atoms with E-state index in [2.05, 4.69) is 48.3 Å². The third-order valence-electron chi connectivity index (χ3n) is 3.16. The van der Waals surface area contributed by atoms with Gasteiger partial charge >= 0.3 is 0 Å². The summed E-state index contributed by atoms with van der Waals surface area (Å²) in [5.41, 5.74) is 4.71. The van der Waals surface area contributed by atoms with Crippen LogP contribution in [0.15, 0.2) is 49.1 Å². The highest BCUT2D eigenvalue weighted by Gasteiger charge is 2.08. The molecule has 0 aliphatic heterocycles. The predicted molar refractivity (Wildman–Crippen MR) is 83.9 cm³/mol. The maximum absolute atomic E-state index is 4.42. The Bertz CT molecular complexity index is 669. The van der Waals surface area contributed by atoms with Gasteiger partial charge in [-0.25, -0.2) is 4.52 Å². The standard InChI is InChI=1S/C15H15N3.C2H6/c1-11(2)14-9-17-18-10-13(5-6-15(14)18)12-4-3-7-16-8-12;1-2/h3-11H,1-2H3;1-2H3. The molecule has 0 bridgehead atoms. The van der Waals surface area contributed by atoms with E-state index in [1.165, 1.54) is 11.1 Å². The van der Waals surface area contributed by atoms with Crippen LogP contribution in [-0.4, -0.2) is 14.6 Å². The molecule has 0 amide bonds. The highest BCUT2D eigenvalue weighted by Crippen LogP contribution is 2.23. The van der Waals surface area contributed by atoms with Crippen LogP contribution in [0.1, 0.15) is 39.2 Å². The van der Waals surface area contributed by atoms with Crippen molar-refractivity contribution in [1.82, 2.24) is 14.6 Å². The van der Waals surface area contributed by atoms with Gasteiger partial charge in [0.2, 0.25) is 0 Å². The van der Waals surface area contributed by atoms with Crippen molar-refractivity contribution < 1.29 is 0 Å². The first kappa shape index (κ1) is 14.3. The molecule has 3 heteroatoms. The number of fused-ring (bicyclic) bond motifs is 1. The molecule has 0 radical (unpaired) electrons. The molecule has 20 heavy (non-hydrogen) atoms. The van der Waals surface area contributed by atoms with Gasteiger partial charge in [0.1, 0.15) is 0 Å². The smallest absolute Gasteiger partial charge is 0.0696 e. The van der Waals surface area contributed by atoms with Crippen LogP contribution in [0, 0.1) is 0 Å². The van der Waals surface area contributed by atoms with Crippen LogP contribution in [0.2, 0.25) is 0 Å². The lowest BCUT2D eigenvalue weighted by Gasteiger charge is -2.04. The van der Waals surface area contributed by atoms with E-state index in [4.69, 9.17) is 0 Å². The summed E-state index contributed by atoms with van der Waals surface area (Å²) in [6.07, 6.45) is 7.66. The Kier molecular flexibility index (Phi) is 4.51. The summed E-state index contributed by atoms with van der Waals surface area (Å²) in [5, 5.41) is 4.42. The van der Waals surface area contributed by atoms with Crippen molar-refractivity contribution in [1.29, 1.82) is 0 Å². The monoisotopic (exact) mass is 267 g/mol. The average molecular weight is 267 g/mol. The van der Waals surface area contributed by atoms with Crippen LogP contribution in [-0.2, 0) is 0 Å². The summed E-state index contributed by atoms with van der Waals surface area (Å²) in [5.74, 6) is 0.492. The van der Waals surface area contributed by atoms with Gasteiger partial charge < -0.3 is 0 Å². The molecule has 0 atom stereocenters. The molecule has 0 aliphatic rings.